The molecule has 126 valence electrons. The second-order valence-electron chi connectivity index (χ2n) is 6.52. The standard InChI is InChI=1S/C26H22/c1-3-10-19(4-2)20-13-9-14-23(17-20)26-24-15-7-5-11-21(24)18-22-12-6-8-16-25(22)26/h3-18H,1-2H3/b10-3-,19-4+. The molecule has 0 heterocycles. The van der Waals surface area contributed by atoms with Gasteiger partial charge in [-0.1, -0.05) is 85.0 Å². The molecular formula is C26H22. The van der Waals surface area contributed by atoms with Crippen molar-refractivity contribution < 1.29 is 0 Å². The summed E-state index contributed by atoms with van der Waals surface area (Å²) >= 11 is 0. The second kappa shape index (κ2) is 7.01. The molecule has 0 nitrogen and oxygen atoms in total. The number of fused-ring (bicyclic) bond motifs is 2. The summed E-state index contributed by atoms with van der Waals surface area (Å²) < 4.78 is 0. The topological polar surface area (TPSA) is 0 Å². The first kappa shape index (κ1) is 16.4. The van der Waals surface area contributed by atoms with Gasteiger partial charge in [0, 0.05) is 0 Å². The van der Waals surface area contributed by atoms with Gasteiger partial charge in [-0.05, 0) is 69.8 Å². The van der Waals surface area contributed by atoms with Crippen LogP contribution in [0.1, 0.15) is 19.4 Å². The van der Waals surface area contributed by atoms with E-state index in [0.717, 1.165) is 0 Å². The summed E-state index contributed by atoms with van der Waals surface area (Å²) in [7, 11) is 0. The van der Waals surface area contributed by atoms with Crippen LogP contribution in [0.25, 0.3) is 38.2 Å². The third-order valence-electron chi connectivity index (χ3n) is 4.91. The summed E-state index contributed by atoms with van der Waals surface area (Å²) in [5.74, 6) is 0. The van der Waals surface area contributed by atoms with E-state index in [9.17, 15) is 0 Å². The highest BCUT2D eigenvalue weighted by Crippen LogP contribution is 2.37. The molecule has 0 atom stereocenters. The second-order valence-corrected chi connectivity index (χ2v) is 6.52. The lowest BCUT2D eigenvalue weighted by atomic mass is 9.90. The van der Waals surface area contributed by atoms with Gasteiger partial charge < -0.3 is 0 Å². The predicted molar refractivity (Wildman–Crippen MR) is 115 cm³/mol. The molecule has 26 heavy (non-hydrogen) atoms. The number of allylic oxidation sites excluding steroid dienone is 4. The molecule has 4 aromatic carbocycles. The van der Waals surface area contributed by atoms with Crippen LogP contribution >= 0.6 is 0 Å². The predicted octanol–water partition coefficient (Wildman–Crippen LogP) is 7.64. The van der Waals surface area contributed by atoms with E-state index in [1.165, 1.54) is 43.8 Å². The minimum absolute atomic E-state index is 1.25. The summed E-state index contributed by atoms with van der Waals surface area (Å²) in [5, 5.41) is 5.17. The third kappa shape index (κ3) is 2.84. The number of rotatable bonds is 3. The van der Waals surface area contributed by atoms with Gasteiger partial charge in [-0.3, -0.25) is 0 Å². The maximum Gasteiger partial charge on any atom is -0.00266 e. The quantitative estimate of drug-likeness (QED) is 0.267. The fourth-order valence-electron chi connectivity index (χ4n) is 3.72. The van der Waals surface area contributed by atoms with Crippen molar-refractivity contribution in [2.75, 3.05) is 0 Å². The van der Waals surface area contributed by atoms with Gasteiger partial charge in [-0.25, -0.2) is 0 Å². The number of benzene rings is 4. The first-order valence-electron chi connectivity index (χ1n) is 9.12. The van der Waals surface area contributed by atoms with E-state index in [1.807, 2.05) is 0 Å². The van der Waals surface area contributed by atoms with Gasteiger partial charge in [0.2, 0.25) is 0 Å². The Bertz CT molecular complexity index is 1090. The van der Waals surface area contributed by atoms with E-state index in [-0.39, 0.29) is 0 Å². The van der Waals surface area contributed by atoms with Crippen molar-refractivity contribution in [2.45, 2.75) is 13.8 Å². The van der Waals surface area contributed by atoms with Crippen molar-refractivity contribution in [1.29, 1.82) is 0 Å². The summed E-state index contributed by atoms with van der Waals surface area (Å²) in [4.78, 5) is 0. The monoisotopic (exact) mass is 334 g/mol. The van der Waals surface area contributed by atoms with Gasteiger partial charge in [-0.2, -0.15) is 0 Å². The highest BCUT2D eigenvalue weighted by atomic mass is 14.1. The molecule has 0 spiro atoms. The Hall–Kier alpha value is -3.12. The maximum atomic E-state index is 2.31. The molecule has 0 heteroatoms. The molecule has 0 fully saturated rings. The van der Waals surface area contributed by atoms with E-state index in [4.69, 9.17) is 0 Å². The van der Waals surface area contributed by atoms with Crippen molar-refractivity contribution >= 4 is 27.1 Å². The Kier molecular flexibility index (Phi) is 4.41. The Balaban J connectivity index is 2.05. The molecule has 0 aromatic heterocycles. The fourth-order valence-corrected chi connectivity index (χ4v) is 3.72. The van der Waals surface area contributed by atoms with Gasteiger partial charge in [0.05, 0.1) is 0 Å². The van der Waals surface area contributed by atoms with Gasteiger partial charge >= 0.3 is 0 Å². The van der Waals surface area contributed by atoms with Gasteiger partial charge in [0.1, 0.15) is 0 Å². The van der Waals surface area contributed by atoms with Crippen LogP contribution in [0, 0.1) is 0 Å². The Morgan fingerprint density at radius 2 is 1.35 bits per heavy atom. The highest BCUT2D eigenvalue weighted by molar-refractivity contribution is 6.12. The van der Waals surface area contributed by atoms with E-state index in [2.05, 4.69) is 111 Å². The summed E-state index contributed by atoms with van der Waals surface area (Å²) in [6, 6.07) is 28.5. The molecule has 0 aliphatic rings. The zero-order chi connectivity index (χ0) is 17.9. The molecule has 0 bridgehead atoms. The van der Waals surface area contributed by atoms with Crippen molar-refractivity contribution in [2.24, 2.45) is 0 Å². The van der Waals surface area contributed by atoms with E-state index >= 15 is 0 Å². The largest absolute Gasteiger partial charge is 0.0871 e. The van der Waals surface area contributed by atoms with Crippen LogP contribution in [0.4, 0.5) is 0 Å². The summed E-state index contributed by atoms with van der Waals surface area (Å²) in [6.45, 7) is 4.15. The van der Waals surface area contributed by atoms with Crippen LogP contribution in [-0.4, -0.2) is 0 Å². The molecule has 0 radical (unpaired) electrons. The van der Waals surface area contributed by atoms with Gasteiger partial charge in [0.25, 0.3) is 0 Å². The van der Waals surface area contributed by atoms with Crippen molar-refractivity contribution in [3.8, 4) is 11.1 Å². The van der Waals surface area contributed by atoms with Crippen molar-refractivity contribution in [3.05, 3.63) is 103 Å². The van der Waals surface area contributed by atoms with Crippen LogP contribution in [0.2, 0.25) is 0 Å². The van der Waals surface area contributed by atoms with Crippen molar-refractivity contribution in [3.63, 3.8) is 0 Å². The molecule has 0 saturated carbocycles. The van der Waals surface area contributed by atoms with Crippen molar-refractivity contribution in [1.82, 2.24) is 0 Å². The number of hydrogen-bond donors (Lipinski definition) is 0. The van der Waals surface area contributed by atoms with E-state index < -0.39 is 0 Å². The van der Waals surface area contributed by atoms with E-state index in [0.29, 0.717) is 0 Å². The molecule has 4 rings (SSSR count). The maximum absolute atomic E-state index is 2.31. The van der Waals surface area contributed by atoms with Crippen LogP contribution in [0.3, 0.4) is 0 Å². The molecule has 0 unspecified atom stereocenters. The Morgan fingerprint density at radius 3 is 1.96 bits per heavy atom. The zero-order valence-corrected chi connectivity index (χ0v) is 15.2. The minimum Gasteiger partial charge on any atom is -0.0871 e. The van der Waals surface area contributed by atoms with Crippen LogP contribution < -0.4 is 0 Å². The van der Waals surface area contributed by atoms with Crippen LogP contribution in [-0.2, 0) is 0 Å². The number of hydrogen-bond acceptors (Lipinski definition) is 0. The highest BCUT2D eigenvalue weighted by Gasteiger charge is 2.10. The molecule has 0 aliphatic carbocycles. The van der Waals surface area contributed by atoms with Gasteiger partial charge in [0.15, 0.2) is 0 Å². The lowest BCUT2D eigenvalue weighted by Crippen LogP contribution is -1.88. The lowest BCUT2D eigenvalue weighted by molar-refractivity contribution is 1.58. The average Bonchev–Trinajstić information content (AvgIpc) is 2.70. The molecule has 0 aliphatic heterocycles. The van der Waals surface area contributed by atoms with Crippen LogP contribution in [0.15, 0.2) is 97.1 Å². The molecule has 0 N–H and O–H groups in total. The van der Waals surface area contributed by atoms with Crippen LogP contribution in [0.5, 0.6) is 0 Å². The fraction of sp³-hybridized carbons (Fsp3) is 0.0769. The minimum atomic E-state index is 1.25. The summed E-state index contributed by atoms with van der Waals surface area (Å²) in [6.07, 6.45) is 6.43. The molecule has 0 saturated heterocycles. The Morgan fingerprint density at radius 1 is 0.692 bits per heavy atom. The average molecular weight is 334 g/mol. The molecule has 0 amide bonds. The molecule has 4 aromatic rings. The normalized spacial score (nSPS) is 12.3. The van der Waals surface area contributed by atoms with E-state index in [1.54, 1.807) is 0 Å². The zero-order valence-electron chi connectivity index (χ0n) is 15.2. The third-order valence-corrected chi connectivity index (χ3v) is 4.91. The molecular weight excluding hydrogens is 312 g/mol. The van der Waals surface area contributed by atoms with Gasteiger partial charge in [-0.15, -0.1) is 0 Å². The lowest BCUT2D eigenvalue weighted by Gasteiger charge is -2.13. The SMILES string of the molecule is C/C=C\C(=C/C)c1cccc(-c2c3ccccc3cc3ccccc23)c1. The smallest absolute Gasteiger partial charge is 0.00266 e. The summed E-state index contributed by atoms with van der Waals surface area (Å²) in [5.41, 5.74) is 5.08. The Labute approximate surface area is 155 Å². The first-order valence-corrected chi connectivity index (χ1v) is 9.12. The first-order chi connectivity index (χ1) is 12.8.